The molecule has 0 aliphatic rings. The molecule has 0 radical (unpaired) electrons. The number of rotatable bonds is 7. The molecule has 25 heavy (non-hydrogen) atoms. The van der Waals surface area contributed by atoms with Crippen molar-refractivity contribution in [2.24, 2.45) is 0 Å². The zero-order valence-corrected chi connectivity index (χ0v) is 14.7. The van der Waals surface area contributed by atoms with E-state index in [4.69, 9.17) is 14.6 Å². The normalized spacial score (nSPS) is 10.7. The minimum atomic E-state index is -1.12. The lowest BCUT2D eigenvalue weighted by molar-refractivity contribution is -0.139. The minimum Gasteiger partial charge on any atom is -0.493 e. The fraction of sp³-hybridized carbons (Fsp3) is 0.111. The molecule has 2 aromatic carbocycles. The quantitative estimate of drug-likeness (QED) is 0.554. The number of carbonyl (C=O) groups is 2. The van der Waals surface area contributed by atoms with Gasteiger partial charge in [-0.25, -0.2) is 9.18 Å². The highest BCUT2D eigenvalue weighted by molar-refractivity contribution is 9.10. The van der Waals surface area contributed by atoms with E-state index < -0.39 is 12.6 Å². The summed E-state index contributed by atoms with van der Waals surface area (Å²) in [6, 6.07) is 8.84. The Morgan fingerprint density at radius 3 is 2.60 bits per heavy atom. The van der Waals surface area contributed by atoms with Crippen molar-refractivity contribution in [1.29, 1.82) is 0 Å². The Hall–Kier alpha value is -2.67. The first kappa shape index (κ1) is 18.7. The number of benzene rings is 2. The average Bonchev–Trinajstić information content (AvgIpc) is 2.60. The van der Waals surface area contributed by atoms with Crippen LogP contribution in [-0.2, 0) is 4.79 Å². The summed E-state index contributed by atoms with van der Waals surface area (Å²) in [6.07, 6.45) is 2.92. The number of methoxy groups -OCH3 is 1. The van der Waals surface area contributed by atoms with E-state index in [0.29, 0.717) is 15.6 Å². The number of aliphatic carboxylic acids is 1. The second kappa shape index (κ2) is 8.43. The first-order chi connectivity index (χ1) is 11.9. The van der Waals surface area contributed by atoms with Crippen molar-refractivity contribution in [3.05, 3.63) is 63.9 Å². The Balaban J connectivity index is 2.16. The van der Waals surface area contributed by atoms with Crippen LogP contribution < -0.4 is 9.47 Å². The van der Waals surface area contributed by atoms with Gasteiger partial charge in [-0.3, -0.25) is 4.79 Å². The van der Waals surface area contributed by atoms with Crippen LogP contribution in [0.4, 0.5) is 4.39 Å². The maximum atomic E-state index is 13.2. The van der Waals surface area contributed by atoms with Gasteiger partial charge in [0, 0.05) is 5.56 Å². The van der Waals surface area contributed by atoms with Crippen LogP contribution in [0, 0.1) is 5.82 Å². The summed E-state index contributed by atoms with van der Waals surface area (Å²) in [5.41, 5.74) is 1.01. The van der Waals surface area contributed by atoms with Crippen molar-refractivity contribution in [2.45, 2.75) is 0 Å². The van der Waals surface area contributed by atoms with Crippen LogP contribution in [-0.4, -0.2) is 30.6 Å². The highest BCUT2D eigenvalue weighted by atomic mass is 79.9. The maximum absolute atomic E-state index is 13.2. The molecule has 2 aromatic rings. The monoisotopic (exact) mass is 408 g/mol. The first-order valence-corrected chi connectivity index (χ1v) is 7.90. The standard InChI is InChI=1S/C18H14BrFO5/c1-24-17-9-12(4-7-16(17)25-10-18(22)23)15(21)6-3-11-2-5-14(20)13(19)8-11/h2-9H,10H2,1H3,(H,22,23). The van der Waals surface area contributed by atoms with Crippen molar-refractivity contribution in [3.8, 4) is 11.5 Å². The lowest BCUT2D eigenvalue weighted by Gasteiger charge is -2.09. The molecule has 0 aromatic heterocycles. The van der Waals surface area contributed by atoms with Crippen LogP contribution in [0.5, 0.6) is 11.5 Å². The number of carbonyl (C=O) groups excluding carboxylic acids is 1. The zero-order chi connectivity index (χ0) is 18.4. The predicted octanol–water partition coefficient (Wildman–Crippen LogP) is 3.96. The molecule has 1 N–H and O–H groups in total. The lowest BCUT2D eigenvalue weighted by Crippen LogP contribution is -2.10. The third-order valence-electron chi connectivity index (χ3n) is 3.17. The number of ether oxygens (including phenoxy) is 2. The third-order valence-corrected chi connectivity index (χ3v) is 3.78. The van der Waals surface area contributed by atoms with Gasteiger partial charge in [0.25, 0.3) is 0 Å². The van der Waals surface area contributed by atoms with Gasteiger partial charge in [0.15, 0.2) is 23.9 Å². The fourth-order valence-electron chi connectivity index (χ4n) is 1.96. The Morgan fingerprint density at radius 1 is 1.20 bits per heavy atom. The third kappa shape index (κ3) is 5.15. The van der Waals surface area contributed by atoms with Crippen LogP contribution >= 0.6 is 15.9 Å². The van der Waals surface area contributed by atoms with Crippen LogP contribution in [0.1, 0.15) is 15.9 Å². The Kier molecular flexibility index (Phi) is 6.30. The van der Waals surface area contributed by atoms with Gasteiger partial charge in [-0.15, -0.1) is 0 Å². The summed E-state index contributed by atoms with van der Waals surface area (Å²) in [4.78, 5) is 22.8. The van der Waals surface area contributed by atoms with E-state index in [1.165, 1.54) is 37.5 Å². The second-order valence-electron chi connectivity index (χ2n) is 4.92. The molecular weight excluding hydrogens is 395 g/mol. The number of allylic oxidation sites excluding steroid dienone is 1. The van der Waals surface area contributed by atoms with E-state index in [9.17, 15) is 14.0 Å². The maximum Gasteiger partial charge on any atom is 0.341 e. The molecule has 7 heteroatoms. The van der Waals surface area contributed by atoms with E-state index in [2.05, 4.69) is 15.9 Å². The topological polar surface area (TPSA) is 72.8 Å². The Labute approximate surface area is 151 Å². The van der Waals surface area contributed by atoms with Gasteiger partial charge in [0.05, 0.1) is 11.6 Å². The molecule has 0 fully saturated rings. The summed E-state index contributed by atoms with van der Waals surface area (Å²) in [7, 11) is 1.39. The van der Waals surface area contributed by atoms with Gasteiger partial charge in [0.1, 0.15) is 5.82 Å². The van der Waals surface area contributed by atoms with E-state index >= 15 is 0 Å². The summed E-state index contributed by atoms with van der Waals surface area (Å²) in [5, 5.41) is 8.64. The molecule has 130 valence electrons. The molecular formula is C18H14BrFO5. The molecule has 0 amide bonds. The summed E-state index contributed by atoms with van der Waals surface area (Å²) in [6.45, 7) is -0.511. The van der Waals surface area contributed by atoms with E-state index in [1.54, 1.807) is 18.2 Å². The van der Waals surface area contributed by atoms with Crippen molar-refractivity contribution >= 4 is 33.8 Å². The summed E-state index contributed by atoms with van der Waals surface area (Å²) in [5.74, 6) is -1.30. The number of carboxylic acid groups (broad SMARTS) is 1. The van der Waals surface area contributed by atoms with Gasteiger partial charge in [-0.1, -0.05) is 12.1 Å². The molecule has 2 rings (SSSR count). The highest BCUT2D eigenvalue weighted by Gasteiger charge is 2.11. The Morgan fingerprint density at radius 2 is 1.96 bits per heavy atom. The van der Waals surface area contributed by atoms with Crippen LogP contribution in [0.2, 0.25) is 0 Å². The second-order valence-corrected chi connectivity index (χ2v) is 5.77. The fourth-order valence-corrected chi connectivity index (χ4v) is 2.36. The molecule has 0 heterocycles. The zero-order valence-electron chi connectivity index (χ0n) is 13.2. The smallest absolute Gasteiger partial charge is 0.341 e. The van der Waals surface area contributed by atoms with Gasteiger partial charge in [-0.05, 0) is 57.9 Å². The van der Waals surface area contributed by atoms with Crippen LogP contribution in [0.25, 0.3) is 6.08 Å². The van der Waals surface area contributed by atoms with Crippen molar-refractivity contribution < 1.29 is 28.6 Å². The minimum absolute atomic E-state index is 0.230. The largest absolute Gasteiger partial charge is 0.493 e. The number of hydrogen-bond donors (Lipinski definition) is 1. The number of hydrogen-bond acceptors (Lipinski definition) is 4. The van der Waals surface area contributed by atoms with Crippen molar-refractivity contribution in [3.63, 3.8) is 0 Å². The molecule has 0 saturated heterocycles. The molecule has 0 unspecified atom stereocenters. The molecule has 0 aliphatic carbocycles. The van der Waals surface area contributed by atoms with Crippen molar-refractivity contribution in [2.75, 3.05) is 13.7 Å². The molecule has 0 bridgehead atoms. The average molecular weight is 409 g/mol. The Bertz CT molecular complexity index is 832. The van der Waals surface area contributed by atoms with Crippen LogP contribution in [0.15, 0.2) is 46.9 Å². The summed E-state index contributed by atoms with van der Waals surface area (Å²) >= 11 is 3.08. The van der Waals surface area contributed by atoms with Gasteiger partial charge in [-0.2, -0.15) is 0 Å². The van der Waals surface area contributed by atoms with Crippen molar-refractivity contribution in [1.82, 2.24) is 0 Å². The first-order valence-electron chi connectivity index (χ1n) is 7.11. The SMILES string of the molecule is COc1cc(C(=O)C=Cc2ccc(F)c(Br)c2)ccc1OCC(=O)O. The van der Waals surface area contributed by atoms with E-state index in [-0.39, 0.29) is 23.1 Å². The highest BCUT2D eigenvalue weighted by Crippen LogP contribution is 2.28. The van der Waals surface area contributed by atoms with Gasteiger partial charge >= 0.3 is 5.97 Å². The van der Waals surface area contributed by atoms with Gasteiger partial charge in [0.2, 0.25) is 0 Å². The van der Waals surface area contributed by atoms with Crippen LogP contribution in [0.3, 0.4) is 0 Å². The number of ketones is 1. The predicted molar refractivity (Wildman–Crippen MR) is 93.6 cm³/mol. The molecule has 0 spiro atoms. The number of halogens is 2. The number of carboxylic acids is 1. The van der Waals surface area contributed by atoms with E-state index in [0.717, 1.165) is 0 Å². The lowest BCUT2D eigenvalue weighted by atomic mass is 10.1. The molecule has 0 aliphatic heterocycles. The molecule has 5 nitrogen and oxygen atoms in total. The summed E-state index contributed by atoms with van der Waals surface area (Å²) < 4.78 is 23.7. The van der Waals surface area contributed by atoms with Gasteiger partial charge < -0.3 is 14.6 Å². The molecule has 0 atom stereocenters. The molecule has 0 saturated carbocycles. The van der Waals surface area contributed by atoms with E-state index in [1.807, 2.05) is 0 Å².